The Labute approximate surface area is 179 Å². The van der Waals surface area contributed by atoms with Crippen molar-refractivity contribution in [2.75, 3.05) is 0 Å². The Kier molecular flexibility index (Phi) is 4.77. The highest BCUT2D eigenvalue weighted by Gasteiger charge is 2.15. The van der Waals surface area contributed by atoms with Crippen LogP contribution in [-0.4, -0.2) is 25.1 Å². The molecular weight excluding hydrogens is 382 g/mol. The molecule has 4 aromatic heterocycles. The van der Waals surface area contributed by atoms with E-state index in [-0.39, 0.29) is 0 Å². The van der Waals surface area contributed by atoms with Crippen molar-refractivity contribution in [2.45, 2.75) is 6.92 Å². The lowest BCUT2D eigenvalue weighted by Gasteiger charge is -2.02. The molecule has 0 bridgehead atoms. The first-order valence-corrected chi connectivity index (χ1v) is 10.1. The fraction of sp³-hybridized carbons (Fsp3) is 0.0385. The molecule has 5 heteroatoms. The summed E-state index contributed by atoms with van der Waals surface area (Å²) < 4.78 is 0. The van der Waals surface area contributed by atoms with Crippen molar-refractivity contribution in [3.05, 3.63) is 97.5 Å². The summed E-state index contributed by atoms with van der Waals surface area (Å²) >= 11 is 0. The number of hydrogen-bond donors (Lipinski definition) is 2. The van der Waals surface area contributed by atoms with Crippen molar-refractivity contribution in [1.29, 1.82) is 0 Å². The second-order valence-electron chi connectivity index (χ2n) is 7.20. The number of nitrogens with one attached hydrogen (secondary N) is 2. The van der Waals surface area contributed by atoms with Gasteiger partial charge in [-0.25, -0.2) is 4.98 Å². The fourth-order valence-electron chi connectivity index (χ4n) is 3.81. The van der Waals surface area contributed by atoms with Crippen molar-refractivity contribution in [3.8, 4) is 22.5 Å². The molecule has 0 saturated carbocycles. The van der Waals surface area contributed by atoms with Gasteiger partial charge in [0.2, 0.25) is 0 Å². The maximum Gasteiger partial charge on any atom is 0.135 e. The number of H-pyrrole nitrogens is 2. The first kappa shape index (κ1) is 18.8. The normalized spacial score (nSPS) is 12.2. The van der Waals surface area contributed by atoms with Crippen LogP contribution in [0.15, 0.2) is 91.8 Å². The molecule has 0 amide bonds. The topological polar surface area (TPSA) is 70.2 Å². The first-order valence-electron chi connectivity index (χ1n) is 10.1. The lowest BCUT2D eigenvalue weighted by atomic mass is 10.0. The number of pyridine rings is 2. The second-order valence-corrected chi connectivity index (χ2v) is 7.20. The quantitative estimate of drug-likeness (QED) is 0.338. The number of hydrogen-bond acceptors (Lipinski definition) is 3. The summed E-state index contributed by atoms with van der Waals surface area (Å²) in [4.78, 5) is 12.7. The van der Waals surface area contributed by atoms with E-state index in [1.807, 2.05) is 55.6 Å². The molecule has 5 rings (SSSR count). The zero-order chi connectivity index (χ0) is 21.2. The third-order valence-electron chi connectivity index (χ3n) is 5.32. The van der Waals surface area contributed by atoms with Crippen LogP contribution >= 0.6 is 0 Å². The Morgan fingerprint density at radius 2 is 2.00 bits per heavy atom. The van der Waals surface area contributed by atoms with Crippen molar-refractivity contribution >= 4 is 27.5 Å². The number of fused-ring (bicyclic) bond motifs is 2. The van der Waals surface area contributed by atoms with Gasteiger partial charge < -0.3 is 4.98 Å². The summed E-state index contributed by atoms with van der Waals surface area (Å²) in [6.45, 7) is 5.75. The van der Waals surface area contributed by atoms with E-state index in [4.69, 9.17) is 4.98 Å². The monoisotopic (exact) mass is 403 g/mol. The van der Waals surface area contributed by atoms with Crippen molar-refractivity contribution in [2.24, 2.45) is 0 Å². The van der Waals surface area contributed by atoms with Crippen LogP contribution in [0.4, 0.5) is 0 Å². The van der Waals surface area contributed by atoms with Gasteiger partial charge in [-0.15, -0.1) is 0 Å². The highest BCUT2D eigenvalue weighted by molar-refractivity contribution is 6.00. The standard InChI is InChI=1S/C26H21N5/c1-3-5-8-17(4-2)21-12-13-23-25(29-21)26(31-30-23)24-15-20-19(10-6-11-22(20)28-24)18-9-7-14-27-16-18/h3-16,28H,1H2,2H3,(H,30,31)/b8-5-,17-4+. The number of allylic oxidation sites excluding steroid dienone is 5. The smallest absolute Gasteiger partial charge is 0.135 e. The molecule has 0 saturated heterocycles. The van der Waals surface area contributed by atoms with Crippen LogP contribution in [0.2, 0.25) is 0 Å². The van der Waals surface area contributed by atoms with Crippen LogP contribution in [0.5, 0.6) is 0 Å². The van der Waals surface area contributed by atoms with E-state index in [1.54, 1.807) is 12.3 Å². The molecule has 0 aliphatic rings. The fourth-order valence-corrected chi connectivity index (χ4v) is 3.81. The van der Waals surface area contributed by atoms with Gasteiger partial charge in [0.1, 0.15) is 11.2 Å². The highest BCUT2D eigenvalue weighted by Crippen LogP contribution is 2.33. The van der Waals surface area contributed by atoms with Gasteiger partial charge in [-0.1, -0.05) is 49.1 Å². The molecule has 4 heterocycles. The zero-order valence-electron chi connectivity index (χ0n) is 17.1. The van der Waals surface area contributed by atoms with Gasteiger partial charge in [-0.3, -0.25) is 10.1 Å². The SMILES string of the molecule is C=C/C=C\C(=C/C)c1ccc2[nH]nc(-c3cc4c(-c5cccnc5)cccc4[nH]3)c2n1. The molecule has 5 aromatic rings. The molecule has 0 fully saturated rings. The number of nitrogens with zero attached hydrogens (tertiary/aromatic N) is 3. The van der Waals surface area contributed by atoms with Crippen molar-refractivity contribution in [1.82, 2.24) is 25.1 Å². The van der Waals surface area contributed by atoms with Gasteiger partial charge in [-0.2, -0.15) is 5.10 Å². The minimum absolute atomic E-state index is 0.799. The Morgan fingerprint density at radius 3 is 2.81 bits per heavy atom. The molecular formula is C26H21N5. The average Bonchev–Trinajstić information content (AvgIpc) is 3.43. The minimum Gasteiger partial charge on any atom is -0.353 e. The predicted molar refractivity (Wildman–Crippen MR) is 127 cm³/mol. The Hall–Kier alpha value is -4.25. The molecule has 0 atom stereocenters. The molecule has 0 radical (unpaired) electrons. The summed E-state index contributed by atoms with van der Waals surface area (Å²) in [5, 5.41) is 8.80. The summed E-state index contributed by atoms with van der Waals surface area (Å²) in [6.07, 6.45) is 11.4. The molecule has 150 valence electrons. The average molecular weight is 403 g/mol. The largest absolute Gasteiger partial charge is 0.353 e. The number of aromatic nitrogens is 5. The summed E-state index contributed by atoms with van der Waals surface area (Å²) in [7, 11) is 0. The molecule has 0 unspecified atom stereocenters. The van der Waals surface area contributed by atoms with E-state index in [9.17, 15) is 0 Å². The third kappa shape index (κ3) is 3.36. The van der Waals surface area contributed by atoms with E-state index >= 15 is 0 Å². The molecule has 0 aliphatic heterocycles. The van der Waals surface area contributed by atoms with Crippen molar-refractivity contribution < 1.29 is 0 Å². The predicted octanol–water partition coefficient (Wildman–Crippen LogP) is 6.31. The van der Waals surface area contributed by atoms with Crippen LogP contribution in [0.1, 0.15) is 12.6 Å². The van der Waals surface area contributed by atoms with Gasteiger partial charge in [0.15, 0.2) is 0 Å². The van der Waals surface area contributed by atoms with E-state index in [1.165, 1.54) is 0 Å². The Bertz CT molecular complexity index is 1450. The maximum absolute atomic E-state index is 4.91. The number of aromatic amines is 2. The highest BCUT2D eigenvalue weighted by atomic mass is 15.1. The first-order chi connectivity index (χ1) is 15.3. The zero-order valence-corrected chi connectivity index (χ0v) is 17.1. The minimum atomic E-state index is 0.799. The summed E-state index contributed by atoms with van der Waals surface area (Å²) in [5.74, 6) is 0. The van der Waals surface area contributed by atoms with Gasteiger partial charge in [-0.05, 0) is 48.4 Å². The van der Waals surface area contributed by atoms with E-state index in [2.05, 4.69) is 51.0 Å². The lowest BCUT2D eigenvalue weighted by molar-refractivity contribution is 1.12. The van der Waals surface area contributed by atoms with E-state index in [0.29, 0.717) is 0 Å². The van der Waals surface area contributed by atoms with Crippen LogP contribution in [0.3, 0.4) is 0 Å². The van der Waals surface area contributed by atoms with E-state index in [0.717, 1.165) is 55.7 Å². The van der Waals surface area contributed by atoms with Gasteiger partial charge in [0, 0.05) is 28.9 Å². The molecule has 1 aromatic carbocycles. The van der Waals surface area contributed by atoms with Gasteiger partial charge in [0.05, 0.1) is 16.9 Å². The van der Waals surface area contributed by atoms with Crippen LogP contribution in [-0.2, 0) is 0 Å². The van der Waals surface area contributed by atoms with Crippen LogP contribution < -0.4 is 0 Å². The molecule has 5 nitrogen and oxygen atoms in total. The number of rotatable bonds is 5. The summed E-state index contributed by atoms with van der Waals surface area (Å²) in [5.41, 5.74) is 8.63. The molecule has 31 heavy (non-hydrogen) atoms. The van der Waals surface area contributed by atoms with Crippen molar-refractivity contribution in [3.63, 3.8) is 0 Å². The maximum atomic E-state index is 4.91. The van der Waals surface area contributed by atoms with Crippen LogP contribution in [0.25, 0.3) is 50.0 Å². The molecule has 2 N–H and O–H groups in total. The molecule has 0 spiro atoms. The Balaban J connectivity index is 1.65. The number of benzene rings is 1. The van der Waals surface area contributed by atoms with E-state index < -0.39 is 0 Å². The lowest BCUT2D eigenvalue weighted by Crippen LogP contribution is -1.88. The second kappa shape index (κ2) is 7.88. The third-order valence-corrected chi connectivity index (χ3v) is 5.32. The van der Waals surface area contributed by atoms with Crippen LogP contribution in [0, 0.1) is 0 Å². The van der Waals surface area contributed by atoms with Gasteiger partial charge >= 0.3 is 0 Å². The molecule has 0 aliphatic carbocycles. The summed E-state index contributed by atoms with van der Waals surface area (Å²) in [6, 6.07) is 16.4. The Morgan fingerprint density at radius 1 is 1.06 bits per heavy atom. The van der Waals surface area contributed by atoms with Gasteiger partial charge in [0.25, 0.3) is 0 Å².